The summed E-state index contributed by atoms with van der Waals surface area (Å²) in [5.74, 6) is 6.50. The lowest BCUT2D eigenvalue weighted by atomic mass is 10.1. The van der Waals surface area contributed by atoms with Crippen LogP contribution < -0.4 is 11.3 Å². The zero-order valence-electron chi connectivity index (χ0n) is 10.9. The highest BCUT2D eigenvalue weighted by atomic mass is 35.5. The van der Waals surface area contributed by atoms with Crippen molar-refractivity contribution in [2.45, 2.75) is 17.4 Å². The Labute approximate surface area is 133 Å². The Bertz CT molecular complexity index is 549. The smallest absolute Gasteiger partial charge is 0.0624 e. The quantitative estimate of drug-likeness (QED) is 0.475. The lowest BCUT2D eigenvalue weighted by Gasteiger charge is -2.16. The molecule has 3 N–H and O–H groups in total. The number of rotatable bonds is 6. The SMILES string of the molecule is NNC(CSc1ccccc1)Cc1cccc(Cl)c1Cl. The van der Waals surface area contributed by atoms with Gasteiger partial charge in [0.2, 0.25) is 0 Å². The first-order chi connectivity index (χ1) is 9.70. The molecule has 1 atom stereocenters. The van der Waals surface area contributed by atoms with Crippen LogP contribution in [0.15, 0.2) is 53.4 Å². The molecule has 0 heterocycles. The molecule has 0 amide bonds. The van der Waals surface area contributed by atoms with E-state index in [1.807, 2.05) is 30.3 Å². The topological polar surface area (TPSA) is 38.0 Å². The van der Waals surface area contributed by atoms with E-state index >= 15 is 0 Å². The molecular formula is C15H16Cl2N2S. The molecule has 0 radical (unpaired) electrons. The van der Waals surface area contributed by atoms with Crippen LogP contribution in [0.1, 0.15) is 5.56 Å². The summed E-state index contributed by atoms with van der Waals surface area (Å²) in [6, 6.07) is 16.0. The maximum absolute atomic E-state index is 6.20. The molecule has 0 saturated heterocycles. The first-order valence-corrected chi connectivity index (χ1v) is 8.01. The second kappa shape index (κ2) is 7.91. The standard InChI is InChI=1S/C15H16Cl2N2S/c16-14-8-4-5-11(15(14)17)9-12(19-18)10-20-13-6-2-1-3-7-13/h1-8,12,19H,9-10,18H2. The maximum atomic E-state index is 6.20. The van der Waals surface area contributed by atoms with Crippen molar-refractivity contribution in [3.63, 3.8) is 0 Å². The Hall–Kier alpha value is -0.710. The Kier molecular flexibility index (Phi) is 6.20. The van der Waals surface area contributed by atoms with Crippen LogP contribution in [0.3, 0.4) is 0 Å². The Morgan fingerprint density at radius 2 is 1.80 bits per heavy atom. The summed E-state index contributed by atoms with van der Waals surface area (Å²) < 4.78 is 0. The predicted octanol–water partition coefficient (Wildman–Crippen LogP) is 4.16. The molecule has 20 heavy (non-hydrogen) atoms. The molecular weight excluding hydrogens is 311 g/mol. The molecule has 5 heteroatoms. The molecule has 0 aliphatic rings. The van der Waals surface area contributed by atoms with Crippen molar-refractivity contribution >= 4 is 35.0 Å². The van der Waals surface area contributed by atoms with E-state index in [4.69, 9.17) is 29.0 Å². The van der Waals surface area contributed by atoms with Crippen LogP contribution in [-0.2, 0) is 6.42 Å². The summed E-state index contributed by atoms with van der Waals surface area (Å²) in [7, 11) is 0. The van der Waals surface area contributed by atoms with E-state index in [0.717, 1.165) is 17.7 Å². The molecule has 2 aromatic rings. The van der Waals surface area contributed by atoms with Gasteiger partial charge in [0.25, 0.3) is 0 Å². The van der Waals surface area contributed by atoms with Crippen LogP contribution in [0.4, 0.5) is 0 Å². The minimum Gasteiger partial charge on any atom is -0.271 e. The fourth-order valence-electron chi connectivity index (χ4n) is 1.85. The molecule has 2 nitrogen and oxygen atoms in total. The van der Waals surface area contributed by atoms with Gasteiger partial charge in [-0.3, -0.25) is 11.3 Å². The van der Waals surface area contributed by atoms with Gasteiger partial charge in [-0.1, -0.05) is 53.5 Å². The molecule has 0 saturated carbocycles. The highest BCUT2D eigenvalue weighted by Gasteiger charge is 2.12. The van der Waals surface area contributed by atoms with E-state index in [1.165, 1.54) is 4.90 Å². The minimum atomic E-state index is 0.135. The number of nitrogens with one attached hydrogen (secondary N) is 1. The van der Waals surface area contributed by atoms with Gasteiger partial charge in [-0.05, 0) is 30.2 Å². The third-order valence-electron chi connectivity index (χ3n) is 2.93. The molecule has 2 rings (SSSR count). The third kappa shape index (κ3) is 4.40. The van der Waals surface area contributed by atoms with E-state index in [2.05, 4.69) is 17.6 Å². The Morgan fingerprint density at radius 1 is 1.05 bits per heavy atom. The molecule has 0 aliphatic heterocycles. The molecule has 2 aromatic carbocycles. The molecule has 106 valence electrons. The van der Waals surface area contributed by atoms with Crippen LogP contribution >= 0.6 is 35.0 Å². The minimum absolute atomic E-state index is 0.135. The normalized spacial score (nSPS) is 12.3. The zero-order valence-corrected chi connectivity index (χ0v) is 13.2. The lowest BCUT2D eigenvalue weighted by Crippen LogP contribution is -2.38. The molecule has 1 unspecified atom stereocenters. The van der Waals surface area contributed by atoms with Crippen molar-refractivity contribution in [2.24, 2.45) is 5.84 Å². The molecule has 0 spiro atoms. The van der Waals surface area contributed by atoms with Crippen molar-refractivity contribution in [2.75, 3.05) is 5.75 Å². The first-order valence-electron chi connectivity index (χ1n) is 6.27. The Morgan fingerprint density at radius 3 is 2.50 bits per heavy atom. The highest BCUT2D eigenvalue weighted by Crippen LogP contribution is 2.27. The van der Waals surface area contributed by atoms with Crippen molar-refractivity contribution < 1.29 is 0 Å². The number of nitrogens with two attached hydrogens (primary N) is 1. The summed E-state index contributed by atoms with van der Waals surface area (Å²) >= 11 is 14.0. The summed E-state index contributed by atoms with van der Waals surface area (Å²) in [6.07, 6.45) is 0.746. The summed E-state index contributed by atoms with van der Waals surface area (Å²) in [6.45, 7) is 0. The molecule has 0 bridgehead atoms. The Balaban J connectivity index is 1.97. The van der Waals surface area contributed by atoms with Gasteiger partial charge in [0.05, 0.1) is 10.0 Å². The number of benzene rings is 2. The van der Waals surface area contributed by atoms with Crippen LogP contribution in [0.2, 0.25) is 10.0 Å². The molecule has 0 aliphatic carbocycles. The van der Waals surface area contributed by atoms with Gasteiger partial charge in [-0.25, -0.2) is 0 Å². The molecule has 0 fully saturated rings. The number of hydrazine groups is 1. The number of hydrogen-bond donors (Lipinski definition) is 2. The second-order valence-electron chi connectivity index (χ2n) is 4.40. The lowest BCUT2D eigenvalue weighted by molar-refractivity contribution is 0.575. The van der Waals surface area contributed by atoms with Crippen LogP contribution in [0, 0.1) is 0 Å². The number of hydrogen-bond acceptors (Lipinski definition) is 3. The maximum Gasteiger partial charge on any atom is 0.0624 e. The van der Waals surface area contributed by atoms with Gasteiger partial charge >= 0.3 is 0 Å². The summed E-state index contributed by atoms with van der Waals surface area (Å²) in [4.78, 5) is 1.23. The van der Waals surface area contributed by atoms with Crippen molar-refractivity contribution in [1.29, 1.82) is 0 Å². The number of thioether (sulfide) groups is 1. The zero-order chi connectivity index (χ0) is 14.4. The monoisotopic (exact) mass is 326 g/mol. The average Bonchev–Trinajstić information content (AvgIpc) is 2.49. The van der Waals surface area contributed by atoms with Gasteiger partial charge in [0.15, 0.2) is 0 Å². The fraction of sp³-hybridized carbons (Fsp3) is 0.200. The van der Waals surface area contributed by atoms with E-state index in [0.29, 0.717) is 10.0 Å². The van der Waals surface area contributed by atoms with Gasteiger partial charge in [0.1, 0.15) is 0 Å². The van der Waals surface area contributed by atoms with Crippen LogP contribution in [0.5, 0.6) is 0 Å². The van der Waals surface area contributed by atoms with Crippen LogP contribution in [0.25, 0.3) is 0 Å². The van der Waals surface area contributed by atoms with Crippen molar-refractivity contribution in [3.05, 3.63) is 64.1 Å². The molecule has 0 aromatic heterocycles. The van der Waals surface area contributed by atoms with Crippen molar-refractivity contribution in [1.82, 2.24) is 5.43 Å². The van der Waals surface area contributed by atoms with Crippen molar-refractivity contribution in [3.8, 4) is 0 Å². The summed E-state index contributed by atoms with van der Waals surface area (Å²) in [5.41, 5.74) is 3.85. The van der Waals surface area contributed by atoms with E-state index in [-0.39, 0.29) is 6.04 Å². The van der Waals surface area contributed by atoms with E-state index in [1.54, 1.807) is 17.8 Å². The average molecular weight is 327 g/mol. The highest BCUT2D eigenvalue weighted by molar-refractivity contribution is 7.99. The van der Waals surface area contributed by atoms with Gasteiger partial charge < -0.3 is 0 Å². The second-order valence-corrected chi connectivity index (χ2v) is 6.28. The van der Waals surface area contributed by atoms with Crippen LogP contribution in [-0.4, -0.2) is 11.8 Å². The third-order valence-corrected chi connectivity index (χ3v) is 4.96. The van der Waals surface area contributed by atoms with E-state index in [9.17, 15) is 0 Å². The van der Waals surface area contributed by atoms with E-state index < -0.39 is 0 Å². The fourth-order valence-corrected chi connectivity index (χ4v) is 3.21. The van der Waals surface area contributed by atoms with Gasteiger partial charge in [-0.15, -0.1) is 11.8 Å². The largest absolute Gasteiger partial charge is 0.271 e. The predicted molar refractivity (Wildman–Crippen MR) is 88.4 cm³/mol. The summed E-state index contributed by atoms with van der Waals surface area (Å²) in [5, 5.41) is 1.19. The van der Waals surface area contributed by atoms with Gasteiger partial charge in [0, 0.05) is 16.7 Å². The number of halogens is 2. The van der Waals surface area contributed by atoms with Gasteiger partial charge in [-0.2, -0.15) is 0 Å². The first kappa shape index (κ1) is 15.7.